The van der Waals surface area contributed by atoms with Crippen LogP contribution in [0.4, 0.5) is 4.79 Å². The van der Waals surface area contributed by atoms with Crippen LogP contribution >= 0.6 is 0 Å². The quantitative estimate of drug-likeness (QED) is 0.324. The molecular weight excluding hydrogens is 570 g/mol. The summed E-state index contributed by atoms with van der Waals surface area (Å²) in [6.07, 6.45) is -0.775. The minimum atomic E-state index is -1.42. The number of fused-ring (bicyclic) bond motifs is 9. The number of carbonyl (C=O) groups is 4. The molecule has 44 heavy (non-hydrogen) atoms. The van der Waals surface area contributed by atoms with Crippen molar-refractivity contribution >= 4 is 23.9 Å². The van der Waals surface area contributed by atoms with E-state index >= 15 is 0 Å². The first-order chi connectivity index (χ1) is 20.9. The van der Waals surface area contributed by atoms with Gasteiger partial charge < -0.3 is 40.0 Å². The second-order valence-corrected chi connectivity index (χ2v) is 11.0. The molecule has 2 heterocycles. The first-order valence-corrected chi connectivity index (χ1v) is 13.8. The number of aromatic hydroxyl groups is 1. The number of esters is 1. The normalized spacial score (nSPS) is 18.7. The summed E-state index contributed by atoms with van der Waals surface area (Å²) < 4.78 is 21.7. The number of hydrogen-bond acceptors (Lipinski definition) is 9. The molecule has 4 N–H and O–H groups in total. The molecule has 0 fully saturated rings. The van der Waals surface area contributed by atoms with E-state index in [1.165, 1.54) is 19.2 Å². The lowest BCUT2D eigenvalue weighted by Gasteiger charge is -2.27. The number of benzene rings is 3. The Balaban J connectivity index is 1.84. The molecule has 232 valence electrons. The number of ether oxygens (including phenoxy) is 4. The van der Waals surface area contributed by atoms with Crippen LogP contribution in [0.3, 0.4) is 0 Å². The largest absolute Gasteiger partial charge is 0.504 e. The molecule has 0 unspecified atom stereocenters. The van der Waals surface area contributed by atoms with Crippen LogP contribution in [0.1, 0.15) is 49.5 Å². The highest BCUT2D eigenvalue weighted by Gasteiger charge is 2.33. The zero-order valence-electron chi connectivity index (χ0n) is 25.0. The van der Waals surface area contributed by atoms with E-state index in [-0.39, 0.29) is 29.2 Å². The summed E-state index contributed by atoms with van der Waals surface area (Å²) in [7, 11) is 2.50. The number of hydrogen-bond donors (Lipinski definition) is 4. The van der Waals surface area contributed by atoms with Gasteiger partial charge in [0.15, 0.2) is 17.5 Å². The third-order valence-electron chi connectivity index (χ3n) is 6.60. The lowest BCUT2D eigenvalue weighted by Crippen LogP contribution is -2.52. The highest BCUT2D eigenvalue weighted by molar-refractivity contribution is 5.94. The molecule has 12 nitrogen and oxygen atoms in total. The van der Waals surface area contributed by atoms with Crippen LogP contribution in [-0.4, -0.2) is 54.8 Å². The lowest BCUT2D eigenvalue weighted by atomic mass is 10.0. The first-order valence-electron chi connectivity index (χ1n) is 13.8. The van der Waals surface area contributed by atoms with Crippen LogP contribution in [-0.2, 0) is 30.3 Å². The van der Waals surface area contributed by atoms with Gasteiger partial charge in [0, 0.05) is 6.42 Å². The van der Waals surface area contributed by atoms with Gasteiger partial charge in [0.1, 0.15) is 23.4 Å². The lowest BCUT2D eigenvalue weighted by molar-refractivity contribution is -0.145. The SMILES string of the molecule is COC(=O)[C@H]1NC(=O)[C@H](c2ccccc2)NC(=O)[C@@H](NC(=O)OC(C)(C)C)Cc2ccc(cc2)Oc2cc1cc(O)c2OC. The van der Waals surface area contributed by atoms with Crippen molar-refractivity contribution in [3.63, 3.8) is 0 Å². The Morgan fingerprint density at radius 1 is 0.932 bits per heavy atom. The number of nitrogens with one attached hydrogen (secondary N) is 3. The van der Waals surface area contributed by atoms with Crippen LogP contribution in [0.5, 0.6) is 23.0 Å². The van der Waals surface area contributed by atoms with Crippen LogP contribution in [0.25, 0.3) is 0 Å². The van der Waals surface area contributed by atoms with E-state index in [4.69, 9.17) is 18.9 Å². The van der Waals surface area contributed by atoms with Crippen molar-refractivity contribution in [2.75, 3.05) is 14.2 Å². The van der Waals surface area contributed by atoms with E-state index in [9.17, 15) is 24.3 Å². The van der Waals surface area contributed by atoms with Crippen molar-refractivity contribution in [3.8, 4) is 23.0 Å². The van der Waals surface area contributed by atoms with Crippen LogP contribution in [0.15, 0.2) is 66.7 Å². The summed E-state index contributed by atoms with van der Waals surface area (Å²) in [6, 6.07) is 13.9. The van der Waals surface area contributed by atoms with E-state index in [2.05, 4.69) is 16.0 Å². The molecule has 0 radical (unpaired) electrons. The van der Waals surface area contributed by atoms with Gasteiger partial charge in [-0.1, -0.05) is 42.5 Å². The third kappa shape index (κ3) is 7.77. The predicted molar refractivity (Wildman–Crippen MR) is 158 cm³/mol. The molecule has 12 heteroatoms. The van der Waals surface area contributed by atoms with Crippen LogP contribution in [0, 0.1) is 0 Å². The maximum atomic E-state index is 13.8. The number of methoxy groups -OCH3 is 2. The van der Waals surface area contributed by atoms with Crippen molar-refractivity contribution in [1.82, 2.24) is 16.0 Å². The summed E-state index contributed by atoms with van der Waals surface area (Å²) >= 11 is 0. The Bertz CT molecular complexity index is 1520. The molecule has 2 aliphatic heterocycles. The van der Waals surface area contributed by atoms with Crippen LogP contribution in [0.2, 0.25) is 0 Å². The molecule has 3 atom stereocenters. The van der Waals surface area contributed by atoms with Crippen LogP contribution < -0.4 is 25.4 Å². The molecule has 5 rings (SSSR count). The maximum absolute atomic E-state index is 13.8. The topological polar surface area (TPSA) is 162 Å². The second-order valence-electron chi connectivity index (χ2n) is 11.0. The average Bonchev–Trinajstić information content (AvgIpc) is 2.97. The van der Waals surface area contributed by atoms with E-state index in [0.717, 1.165) is 7.11 Å². The summed E-state index contributed by atoms with van der Waals surface area (Å²) in [5.74, 6) is -2.20. The zero-order chi connectivity index (χ0) is 32.0. The van der Waals surface area contributed by atoms with Crippen molar-refractivity contribution in [2.24, 2.45) is 0 Å². The number of amides is 3. The van der Waals surface area contributed by atoms with Crippen molar-refractivity contribution in [1.29, 1.82) is 0 Å². The summed E-state index contributed by atoms with van der Waals surface area (Å²) in [4.78, 5) is 53.3. The number of carbonyl (C=O) groups excluding carboxylic acids is 4. The molecule has 3 aromatic rings. The Labute approximate surface area is 254 Å². The van der Waals surface area contributed by atoms with Crippen molar-refractivity contribution in [3.05, 3.63) is 83.4 Å². The minimum Gasteiger partial charge on any atom is -0.504 e. The zero-order valence-corrected chi connectivity index (χ0v) is 25.0. The van der Waals surface area contributed by atoms with E-state index in [0.29, 0.717) is 16.9 Å². The van der Waals surface area contributed by atoms with Gasteiger partial charge in [-0.3, -0.25) is 9.59 Å². The molecular formula is C32H35N3O9. The Hall–Kier alpha value is -5.26. The summed E-state index contributed by atoms with van der Waals surface area (Å²) in [5.41, 5.74) is 0.379. The molecule has 0 aliphatic carbocycles. The smallest absolute Gasteiger partial charge is 0.408 e. The molecule has 0 spiro atoms. The molecule has 0 saturated heterocycles. The van der Waals surface area contributed by atoms with E-state index < -0.39 is 47.6 Å². The monoisotopic (exact) mass is 605 g/mol. The van der Waals surface area contributed by atoms with Gasteiger partial charge in [-0.15, -0.1) is 0 Å². The van der Waals surface area contributed by atoms with E-state index in [1.54, 1.807) is 75.4 Å². The maximum Gasteiger partial charge on any atom is 0.408 e. The Kier molecular flexibility index (Phi) is 9.62. The fourth-order valence-electron chi connectivity index (χ4n) is 4.58. The highest BCUT2D eigenvalue weighted by atomic mass is 16.6. The standard InChI is InChI=1S/C32H35N3O9/c1-32(2,3)44-31(40)33-22-15-18-11-13-21(14-12-18)43-24-17-20(16-23(36)27(24)41-4)26(30(39)42-5)35-29(38)25(34-28(22)37)19-9-7-6-8-10-19/h6-14,16-17,22,25-26,36H,15H2,1-5H3,(H,33,40)(H,34,37)(H,35,38)/t22-,25-,26-/m0/s1. The van der Waals surface area contributed by atoms with Gasteiger partial charge in [0.05, 0.1) is 14.2 Å². The van der Waals surface area contributed by atoms with Gasteiger partial charge in [-0.25, -0.2) is 9.59 Å². The number of alkyl carbamates (subject to hydrolysis) is 1. The number of phenolic OH excluding ortho intramolecular Hbond substituents is 1. The van der Waals surface area contributed by atoms with Gasteiger partial charge >= 0.3 is 12.1 Å². The Morgan fingerprint density at radius 2 is 1.61 bits per heavy atom. The number of rotatable bonds is 4. The van der Waals surface area contributed by atoms with E-state index in [1.807, 2.05) is 0 Å². The molecule has 3 amide bonds. The predicted octanol–water partition coefficient (Wildman–Crippen LogP) is 3.83. The van der Waals surface area contributed by atoms with Gasteiger partial charge in [-0.05, 0) is 61.7 Å². The van der Waals surface area contributed by atoms with Crippen molar-refractivity contribution < 1.29 is 43.2 Å². The molecule has 4 bridgehead atoms. The summed E-state index contributed by atoms with van der Waals surface area (Å²) in [6.45, 7) is 5.09. The highest BCUT2D eigenvalue weighted by Crippen LogP contribution is 2.41. The molecule has 0 aromatic heterocycles. The molecule has 2 aliphatic rings. The average molecular weight is 606 g/mol. The minimum absolute atomic E-state index is 0.00457. The van der Waals surface area contributed by atoms with Gasteiger partial charge in [-0.2, -0.15) is 0 Å². The molecule has 0 saturated carbocycles. The fraction of sp³-hybridized carbons (Fsp3) is 0.312. The van der Waals surface area contributed by atoms with Gasteiger partial charge in [0.2, 0.25) is 17.6 Å². The second kappa shape index (κ2) is 13.4. The Morgan fingerprint density at radius 3 is 2.23 bits per heavy atom. The fourth-order valence-corrected chi connectivity index (χ4v) is 4.58. The number of phenols is 1. The van der Waals surface area contributed by atoms with Gasteiger partial charge in [0.25, 0.3) is 0 Å². The first kappa shape index (κ1) is 31.7. The molecule has 3 aromatic carbocycles. The summed E-state index contributed by atoms with van der Waals surface area (Å²) in [5, 5.41) is 18.7. The van der Waals surface area contributed by atoms with Crippen molar-refractivity contribution in [2.45, 2.75) is 50.9 Å². The third-order valence-corrected chi connectivity index (χ3v) is 6.60.